The van der Waals surface area contributed by atoms with E-state index < -0.39 is 15.8 Å². The normalized spacial score (nSPS) is 11.9. The maximum Gasteiger partial charge on any atom is 0.244 e. The first-order valence-corrected chi connectivity index (χ1v) is 12.0. The zero-order valence-electron chi connectivity index (χ0n) is 18.8. The van der Waals surface area contributed by atoms with Crippen LogP contribution in [0.1, 0.15) is 30.8 Å². The molecule has 9 heteroatoms. The quantitative estimate of drug-likeness (QED) is 0.484. The van der Waals surface area contributed by atoms with Crippen LogP contribution in [0.15, 0.2) is 65.8 Å². The number of amides is 1. The molecule has 1 aromatic heterocycles. The lowest BCUT2D eigenvalue weighted by atomic mass is 10.2. The van der Waals surface area contributed by atoms with Gasteiger partial charge in [0.2, 0.25) is 15.9 Å². The Bertz CT molecular complexity index is 1250. The molecule has 1 N–H and O–H groups in total. The summed E-state index contributed by atoms with van der Waals surface area (Å²) in [5.41, 5.74) is 1.71. The number of halogens is 1. The SMILES string of the molecule is CCN(CC)S(=O)(=O)c1ccc(C=CC(=O)NCc2ccc(-n3ccnc3C)c(F)c2)cc1. The third-order valence-electron chi connectivity index (χ3n) is 5.21. The summed E-state index contributed by atoms with van der Waals surface area (Å²) < 4.78 is 42.6. The molecule has 0 radical (unpaired) electrons. The second-order valence-electron chi connectivity index (χ2n) is 7.34. The number of nitrogens with one attached hydrogen (secondary N) is 1. The minimum Gasteiger partial charge on any atom is -0.348 e. The molecular weight excluding hydrogens is 443 g/mol. The Morgan fingerprint density at radius 1 is 1.15 bits per heavy atom. The van der Waals surface area contributed by atoms with Crippen LogP contribution in [0, 0.1) is 12.7 Å². The zero-order chi connectivity index (χ0) is 24.0. The summed E-state index contributed by atoms with van der Waals surface area (Å²) in [6.07, 6.45) is 6.24. The molecule has 1 amide bonds. The van der Waals surface area contributed by atoms with Crippen molar-refractivity contribution in [1.82, 2.24) is 19.2 Å². The van der Waals surface area contributed by atoms with Gasteiger partial charge in [0, 0.05) is 38.1 Å². The molecular formula is C24H27FN4O3S. The lowest BCUT2D eigenvalue weighted by molar-refractivity contribution is -0.116. The van der Waals surface area contributed by atoms with Gasteiger partial charge in [-0.25, -0.2) is 17.8 Å². The van der Waals surface area contributed by atoms with Crippen molar-refractivity contribution in [2.45, 2.75) is 32.2 Å². The summed E-state index contributed by atoms with van der Waals surface area (Å²) in [6.45, 7) is 6.34. The summed E-state index contributed by atoms with van der Waals surface area (Å²) >= 11 is 0. The van der Waals surface area contributed by atoms with Gasteiger partial charge in [-0.15, -0.1) is 0 Å². The average Bonchev–Trinajstić information content (AvgIpc) is 3.22. The van der Waals surface area contributed by atoms with Crippen LogP contribution in [-0.4, -0.2) is 41.3 Å². The molecule has 1 heterocycles. The molecule has 2 aromatic carbocycles. The predicted octanol–water partition coefficient (Wildman–Crippen LogP) is 3.68. The number of carbonyl (C=O) groups excluding carboxylic acids is 1. The summed E-state index contributed by atoms with van der Waals surface area (Å²) in [4.78, 5) is 16.5. The summed E-state index contributed by atoms with van der Waals surface area (Å²) in [6, 6.07) is 11.1. The number of sulfonamides is 1. The fourth-order valence-corrected chi connectivity index (χ4v) is 4.83. The van der Waals surface area contributed by atoms with Crippen LogP contribution in [0.25, 0.3) is 11.8 Å². The lowest BCUT2D eigenvalue weighted by Gasteiger charge is -2.18. The molecule has 3 rings (SSSR count). The second-order valence-corrected chi connectivity index (χ2v) is 9.28. The molecule has 0 saturated carbocycles. The Morgan fingerprint density at radius 3 is 2.42 bits per heavy atom. The Hall–Kier alpha value is -3.30. The molecule has 3 aromatic rings. The topological polar surface area (TPSA) is 84.3 Å². The number of aryl methyl sites for hydroxylation is 1. The molecule has 0 aliphatic rings. The van der Waals surface area contributed by atoms with Gasteiger partial charge in [0.1, 0.15) is 11.6 Å². The van der Waals surface area contributed by atoms with Gasteiger partial charge >= 0.3 is 0 Å². The first-order chi connectivity index (χ1) is 15.8. The van der Waals surface area contributed by atoms with E-state index in [-0.39, 0.29) is 17.3 Å². The standard InChI is InChI=1S/C24H27FN4O3S/c1-4-28(5-2)33(31,32)21-10-6-19(7-11-21)9-13-24(30)27-17-20-8-12-23(22(25)16-20)29-15-14-26-18(29)3/h6-16H,4-5,17H2,1-3H3,(H,27,30). The van der Waals surface area contributed by atoms with Gasteiger partial charge in [-0.1, -0.05) is 32.0 Å². The van der Waals surface area contributed by atoms with Crippen LogP contribution in [0.4, 0.5) is 4.39 Å². The molecule has 0 unspecified atom stereocenters. The molecule has 0 atom stereocenters. The second kappa shape index (κ2) is 10.5. The van der Waals surface area contributed by atoms with Gasteiger partial charge in [-0.05, 0) is 48.4 Å². The summed E-state index contributed by atoms with van der Waals surface area (Å²) in [5.74, 6) is -0.0679. The van der Waals surface area contributed by atoms with Gasteiger partial charge in [0.25, 0.3) is 0 Å². The van der Waals surface area contributed by atoms with E-state index in [9.17, 15) is 17.6 Å². The smallest absolute Gasteiger partial charge is 0.244 e. The summed E-state index contributed by atoms with van der Waals surface area (Å²) in [7, 11) is -3.52. The molecule has 0 spiro atoms. The van der Waals surface area contributed by atoms with Crippen molar-refractivity contribution in [1.29, 1.82) is 0 Å². The van der Waals surface area contributed by atoms with Gasteiger partial charge in [-0.2, -0.15) is 4.31 Å². The molecule has 0 fully saturated rings. The van der Waals surface area contributed by atoms with Crippen LogP contribution >= 0.6 is 0 Å². The van der Waals surface area contributed by atoms with Crippen molar-refractivity contribution in [2.75, 3.05) is 13.1 Å². The molecule has 0 bridgehead atoms. The van der Waals surface area contributed by atoms with Gasteiger partial charge in [0.15, 0.2) is 0 Å². The van der Waals surface area contributed by atoms with E-state index in [4.69, 9.17) is 0 Å². The number of hydrogen-bond donors (Lipinski definition) is 1. The molecule has 33 heavy (non-hydrogen) atoms. The number of rotatable bonds is 9. The van der Waals surface area contributed by atoms with E-state index in [1.807, 2.05) is 0 Å². The van der Waals surface area contributed by atoms with Crippen molar-refractivity contribution >= 4 is 22.0 Å². The number of imidazole rings is 1. The number of hydrogen-bond acceptors (Lipinski definition) is 4. The highest BCUT2D eigenvalue weighted by molar-refractivity contribution is 7.89. The molecule has 0 aliphatic carbocycles. The fourth-order valence-electron chi connectivity index (χ4n) is 3.37. The Balaban J connectivity index is 1.59. The maximum absolute atomic E-state index is 14.5. The van der Waals surface area contributed by atoms with E-state index >= 15 is 0 Å². The third kappa shape index (κ3) is 5.74. The van der Waals surface area contributed by atoms with Crippen LogP contribution in [0.2, 0.25) is 0 Å². The van der Waals surface area contributed by atoms with Gasteiger partial charge < -0.3 is 9.88 Å². The van der Waals surface area contributed by atoms with Crippen molar-refractivity contribution in [3.63, 3.8) is 0 Å². The van der Waals surface area contributed by atoms with Crippen LogP contribution in [-0.2, 0) is 21.4 Å². The number of carbonyl (C=O) groups is 1. The van der Waals surface area contributed by atoms with Crippen molar-refractivity contribution in [3.05, 3.63) is 83.7 Å². The highest BCUT2D eigenvalue weighted by atomic mass is 32.2. The lowest BCUT2D eigenvalue weighted by Crippen LogP contribution is -2.30. The minimum atomic E-state index is -3.52. The number of benzene rings is 2. The van der Waals surface area contributed by atoms with Crippen molar-refractivity contribution in [2.24, 2.45) is 0 Å². The Labute approximate surface area is 193 Å². The third-order valence-corrected chi connectivity index (χ3v) is 7.28. The largest absolute Gasteiger partial charge is 0.348 e. The Morgan fingerprint density at radius 2 is 1.85 bits per heavy atom. The highest BCUT2D eigenvalue weighted by Gasteiger charge is 2.20. The highest BCUT2D eigenvalue weighted by Crippen LogP contribution is 2.18. The van der Waals surface area contributed by atoms with Crippen molar-refractivity contribution in [3.8, 4) is 5.69 Å². The van der Waals surface area contributed by atoms with E-state index in [0.717, 1.165) is 0 Å². The fraction of sp³-hybridized carbons (Fsp3) is 0.250. The summed E-state index contributed by atoms with van der Waals surface area (Å²) in [5, 5.41) is 2.71. The Kier molecular flexibility index (Phi) is 7.78. The van der Waals surface area contributed by atoms with E-state index in [0.29, 0.717) is 35.7 Å². The predicted molar refractivity (Wildman–Crippen MR) is 126 cm³/mol. The zero-order valence-corrected chi connectivity index (χ0v) is 19.6. The first kappa shape index (κ1) is 24.3. The molecule has 174 valence electrons. The number of aromatic nitrogens is 2. The molecule has 0 aliphatic heterocycles. The van der Waals surface area contributed by atoms with Gasteiger partial charge in [-0.3, -0.25) is 4.79 Å². The van der Waals surface area contributed by atoms with Crippen LogP contribution in [0.5, 0.6) is 0 Å². The van der Waals surface area contributed by atoms with Crippen LogP contribution in [0.3, 0.4) is 0 Å². The minimum absolute atomic E-state index is 0.171. The maximum atomic E-state index is 14.5. The van der Waals surface area contributed by atoms with E-state index in [1.54, 1.807) is 68.1 Å². The van der Waals surface area contributed by atoms with E-state index in [1.165, 1.54) is 28.6 Å². The molecule has 0 saturated heterocycles. The van der Waals surface area contributed by atoms with Crippen molar-refractivity contribution < 1.29 is 17.6 Å². The monoisotopic (exact) mass is 470 g/mol. The van der Waals surface area contributed by atoms with Gasteiger partial charge in [0.05, 0.1) is 10.6 Å². The van der Waals surface area contributed by atoms with E-state index in [2.05, 4.69) is 10.3 Å². The first-order valence-electron chi connectivity index (χ1n) is 10.6. The number of nitrogens with zero attached hydrogens (tertiary/aromatic N) is 3. The van der Waals surface area contributed by atoms with Crippen LogP contribution < -0.4 is 5.32 Å². The molecule has 7 nitrogen and oxygen atoms in total. The average molecular weight is 471 g/mol.